The summed E-state index contributed by atoms with van der Waals surface area (Å²) in [6.07, 6.45) is 11.3. The second-order valence-corrected chi connectivity index (χ2v) is 6.50. The smallest absolute Gasteiger partial charge is 0.0945 e. The van der Waals surface area contributed by atoms with E-state index in [-0.39, 0.29) is 6.10 Å². The Hall–Kier alpha value is -1.03. The Balaban J connectivity index is 1.96. The standard InChI is InChI=1S/C18H24Cl2N2O/c1-2-3-4-5-12-23-18(8-10-22-11-9-21-14-22)15-6-7-16(19)17(20)13-15/h6-7,9,11,13-14,18H,2-5,8,10,12H2,1H3. The molecule has 0 amide bonds. The quantitative estimate of drug-likeness (QED) is 0.495. The van der Waals surface area contributed by atoms with E-state index in [9.17, 15) is 0 Å². The molecule has 1 atom stereocenters. The van der Waals surface area contributed by atoms with Crippen LogP contribution >= 0.6 is 23.2 Å². The van der Waals surface area contributed by atoms with E-state index in [1.807, 2.05) is 30.7 Å². The molecule has 0 saturated carbocycles. The molecule has 2 rings (SSSR count). The van der Waals surface area contributed by atoms with E-state index in [1.165, 1.54) is 19.3 Å². The zero-order valence-corrected chi connectivity index (χ0v) is 15.1. The lowest BCUT2D eigenvalue weighted by Gasteiger charge is -2.19. The van der Waals surface area contributed by atoms with Gasteiger partial charge in [-0.05, 0) is 30.5 Å². The summed E-state index contributed by atoms with van der Waals surface area (Å²) in [7, 11) is 0. The number of hydrogen-bond donors (Lipinski definition) is 0. The van der Waals surface area contributed by atoms with Gasteiger partial charge in [0, 0.05) is 25.5 Å². The van der Waals surface area contributed by atoms with E-state index < -0.39 is 0 Å². The van der Waals surface area contributed by atoms with Crippen LogP contribution in [0.3, 0.4) is 0 Å². The first kappa shape index (κ1) is 18.3. The van der Waals surface area contributed by atoms with E-state index >= 15 is 0 Å². The maximum atomic E-state index is 6.16. The van der Waals surface area contributed by atoms with Gasteiger partial charge in [-0.2, -0.15) is 0 Å². The Morgan fingerprint density at radius 3 is 2.74 bits per heavy atom. The Bertz CT molecular complexity index is 572. The molecule has 5 heteroatoms. The van der Waals surface area contributed by atoms with Crippen molar-refractivity contribution in [3.63, 3.8) is 0 Å². The minimum atomic E-state index is 0.0220. The number of rotatable bonds is 10. The van der Waals surface area contributed by atoms with Gasteiger partial charge >= 0.3 is 0 Å². The lowest BCUT2D eigenvalue weighted by atomic mass is 10.1. The average Bonchev–Trinajstić information content (AvgIpc) is 3.06. The molecule has 0 aliphatic carbocycles. The fourth-order valence-corrected chi connectivity index (χ4v) is 2.81. The second-order valence-electron chi connectivity index (χ2n) is 5.68. The third kappa shape index (κ3) is 6.17. The Kier molecular flexibility index (Phi) is 7.93. The summed E-state index contributed by atoms with van der Waals surface area (Å²) in [5, 5.41) is 1.15. The van der Waals surface area contributed by atoms with Crippen LogP contribution in [0.2, 0.25) is 10.0 Å². The number of unbranched alkanes of at least 4 members (excludes halogenated alkanes) is 3. The monoisotopic (exact) mass is 354 g/mol. The van der Waals surface area contributed by atoms with Gasteiger partial charge in [-0.25, -0.2) is 4.98 Å². The number of aryl methyl sites for hydroxylation is 1. The first-order chi connectivity index (χ1) is 11.2. The maximum absolute atomic E-state index is 6.16. The van der Waals surface area contributed by atoms with E-state index in [1.54, 1.807) is 6.20 Å². The fraction of sp³-hybridized carbons (Fsp3) is 0.500. The third-order valence-electron chi connectivity index (χ3n) is 3.84. The lowest BCUT2D eigenvalue weighted by Crippen LogP contribution is -2.09. The van der Waals surface area contributed by atoms with Crippen molar-refractivity contribution in [1.29, 1.82) is 0 Å². The summed E-state index contributed by atoms with van der Waals surface area (Å²) in [5.74, 6) is 0. The Morgan fingerprint density at radius 1 is 1.17 bits per heavy atom. The molecular weight excluding hydrogens is 331 g/mol. The van der Waals surface area contributed by atoms with Crippen LogP contribution in [0.5, 0.6) is 0 Å². The average molecular weight is 355 g/mol. The SMILES string of the molecule is CCCCCCOC(CCn1ccnc1)c1ccc(Cl)c(Cl)c1. The molecule has 0 spiro atoms. The molecule has 1 heterocycles. The highest BCUT2D eigenvalue weighted by atomic mass is 35.5. The Morgan fingerprint density at radius 2 is 2.04 bits per heavy atom. The summed E-state index contributed by atoms with van der Waals surface area (Å²) >= 11 is 12.2. The van der Waals surface area contributed by atoms with Gasteiger partial charge in [0.2, 0.25) is 0 Å². The normalized spacial score (nSPS) is 12.5. The number of ether oxygens (including phenoxy) is 1. The lowest BCUT2D eigenvalue weighted by molar-refractivity contribution is 0.0410. The predicted molar refractivity (Wildman–Crippen MR) is 96.1 cm³/mol. The highest BCUT2D eigenvalue weighted by molar-refractivity contribution is 6.42. The Labute approximate surface area is 148 Å². The molecule has 0 saturated heterocycles. The molecule has 1 aromatic carbocycles. The summed E-state index contributed by atoms with van der Waals surface area (Å²) < 4.78 is 8.19. The highest BCUT2D eigenvalue weighted by Gasteiger charge is 2.14. The molecule has 0 N–H and O–H groups in total. The van der Waals surface area contributed by atoms with Crippen LogP contribution in [0.4, 0.5) is 0 Å². The van der Waals surface area contributed by atoms with Crippen molar-refractivity contribution in [3.8, 4) is 0 Å². The van der Waals surface area contributed by atoms with Crippen LogP contribution in [-0.2, 0) is 11.3 Å². The van der Waals surface area contributed by atoms with Crippen molar-refractivity contribution in [2.24, 2.45) is 0 Å². The first-order valence-electron chi connectivity index (χ1n) is 8.23. The van der Waals surface area contributed by atoms with Crippen molar-refractivity contribution >= 4 is 23.2 Å². The van der Waals surface area contributed by atoms with Crippen LogP contribution in [0.15, 0.2) is 36.9 Å². The highest BCUT2D eigenvalue weighted by Crippen LogP contribution is 2.29. The summed E-state index contributed by atoms with van der Waals surface area (Å²) in [5.41, 5.74) is 1.08. The van der Waals surface area contributed by atoms with Gasteiger partial charge in [0.1, 0.15) is 0 Å². The summed E-state index contributed by atoms with van der Waals surface area (Å²) in [4.78, 5) is 4.08. The molecular formula is C18H24Cl2N2O. The number of benzene rings is 1. The molecule has 1 aromatic heterocycles. The summed E-state index contributed by atoms with van der Waals surface area (Å²) in [6, 6.07) is 5.75. The van der Waals surface area contributed by atoms with Gasteiger partial charge in [0.15, 0.2) is 0 Å². The van der Waals surface area contributed by atoms with Crippen molar-refractivity contribution in [2.45, 2.75) is 51.7 Å². The molecule has 0 aliphatic heterocycles. The summed E-state index contributed by atoms with van der Waals surface area (Å²) in [6.45, 7) is 3.85. The number of aromatic nitrogens is 2. The number of hydrogen-bond acceptors (Lipinski definition) is 2. The van der Waals surface area contributed by atoms with Crippen LogP contribution in [0, 0.1) is 0 Å². The number of nitrogens with zero attached hydrogens (tertiary/aromatic N) is 2. The molecule has 3 nitrogen and oxygen atoms in total. The maximum Gasteiger partial charge on any atom is 0.0945 e. The molecule has 2 aromatic rings. The second kappa shape index (κ2) is 9.96. The van der Waals surface area contributed by atoms with Gasteiger partial charge in [-0.15, -0.1) is 0 Å². The third-order valence-corrected chi connectivity index (χ3v) is 4.58. The van der Waals surface area contributed by atoms with Crippen LogP contribution in [-0.4, -0.2) is 16.2 Å². The van der Waals surface area contributed by atoms with Gasteiger partial charge in [-0.3, -0.25) is 0 Å². The largest absolute Gasteiger partial charge is 0.373 e. The minimum Gasteiger partial charge on any atom is -0.373 e. The zero-order valence-electron chi connectivity index (χ0n) is 13.5. The van der Waals surface area contributed by atoms with Crippen molar-refractivity contribution in [1.82, 2.24) is 9.55 Å². The van der Waals surface area contributed by atoms with Crippen molar-refractivity contribution in [3.05, 3.63) is 52.5 Å². The van der Waals surface area contributed by atoms with Gasteiger partial charge in [0.05, 0.1) is 22.5 Å². The number of imidazole rings is 1. The predicted octanol–water partition coefficient (Wildman–Crippen LogP) is 5.92. The number of halogens is 2. The van der Waals surface area contributed by atoms with E-state index in [0.29, 0.717) is 10.0 Å². The molecule has 23 heavy (non-hydrogen) atoms. The van der Waals surface area contributed by atoms with Gasteiger partial charge in [-0.1, -0.05) is 55.5 Å². The molecule has 0 aliphatic rings. The van der Waals surface area contributed by atoms with Crippen LogP contribution in [0.25, 0.3) is 0 Å². The molecule has 0 radical (unpaired) electrons. The van der Waals surface area contributed by atoms with Gasteiger partial charge in [0.25, 0.3) is 0 Å². The van der Waals surface area contributed by atoms with E-state index in [2.05, 4.69) is 16.5 Å². The molecule has 126 valence electrons. The van der Waals surface area contributed by atoms with Crippen LogP contribution < -0.4 is 0 Å². The molecule has 1 unspecified atom stereocenters. The topological polar surface area (TPSA) is 27.1 Å². The van der Waals surface area contributed by atoms with Crippen LogP contribution in [0.1, 0.15) is 50.7 Å². The first-order valence-corrected chi connectivity index (χ1v) is 8.98. The van der Waals surface area contributed by atoms with Crippen molar-refractivity contribution in [2.75, 3.05) is 6.61 Å². The zero-order chi connectivity index (χ0) is 16.5. The fourth-order valence-electron chi connectivity index (χ4n) is 2.50. The minimum absolute atomic E-state index is 0.0220. The van der Waals surface area contributed by atoms with E-state index in [4.69, 9.17) is 27.9 Å². The van der Waals surface area contributed by atoms with Crippen molar-refractivity contribution < 1.29 is 4.74 Å². The molecule has 0 fully saturated rings. The molecule has 0 bridgehead atoms. The van der Waals surface area contributed by atoms with E-state index in [0.717, 1.165) is 31.6 Å². The van der Waals surface area contributed by atoms with Gasteiger partial charge < -0.3 is 9.30 Å².